The van der Waals surface area contributed by atoms with E-state index in [9.17, 15) is 4.39 Å². The van der Waals surface area contributed by atoms with Crippen molar-refractivity contribution in [2.75, 3.05) is 13.1 Å². The van der Waals surface area contributed by atoms with Crippen LogP contribution in [0, 0.1) is 5.82 Å². The van der Waals surface area contributed by atoms with Crippen molar-refractivity contribution in [1.82, 2.24) is 5.32 Å². The van der Waals surface area contributed by atoms with Gasteiger partial charge in [-0.05, 0) is 17.7 Å². The summed E-state index contributed by atoms with van der Waals surface area (Å²) in [7, 11) is 0. The molecule has 92 valence electrons. The predicted molar refractivity (Wildman–Crippen MR) is 68.0 cm³/mol. The van der Waals surface area contributed by atoms with Gasteiger partial charge in [0.15, 0.2) is 5.60 Å². The number of nitrogens with one attached hydrogen (secondary N) is 1. The molecule has 1 aliphatic heterocycles. The Labute approximate surface area is 105 Å². The van der Waals surface area contributed by atoms with Crippen LogP contribution < -0.4 is 10.1 Å². The van der Waals surface area contributed by atoms with Crippen LogP contribution in [0.25, 0.3) is 0 Å². The van der Waals surface area contributed by atoms with Crippen molar-refractivity contribution in [1.29, 1.82) is 0 Å². The quantitative estimate of drug-likeness (QED) is 0.895. The van der Waals surface area contributed by atoms with E-state index in [2.05, 4.69) is 5.32 Å². The van der Waals surface area contributed by atoms with Crippen molar-refractivity contribution in [2.24, 2.45) is 0 Å². The van der Waals surface area contributed by atoms with Crippen LogP contribution in [-0.4, -0.2) is 13.1 Å². The summed E-state index contributed by atoms with van der Waals surface area (Å²) in [5.74, 6) is 0.295. The van der Waals surface area contributed by atoms with Gasteiger partial charge >= 0.3 is 0 Å². The minimum Gasteiger partial charge on any atom is -0.480 e. The monoisotopic (exact) mass is 243 g/mol. The maximum Gasteiger partial charge on any atom is 0.159 e. The fourth-order valence-corrected chi connectivity index (χ4v) is 2.19. The first-order chi connectivity index (χ1) is 8.78. The molecule has 0 saturated carbocycles. The molecule has 0 aliphatic carbocycles. The number of hydrogen-bond acceptors (Lipinski definition) is 2. The van der Waals surface area contributed by atoms with E-state index >= 15 is 0 Å². The fourth-order valence-electron chi connectivity index (χ4n) is 2.19. The van der Waals surface area contributed by atoms with E-state index in [1.54, 1.807) is 12.1 Å². The van der Waals surface area contributed by atoms with E-state index in [1.807, 2.05) is 30.3 Å². The summed E-state index contributed by atoms with van der Waals surface area (Å²) < 4.78 is 19.2. The van der Waals surface area contributed by atoms with Crippen molar-refractivity contribution in [3.8, 4) is 5.75 Å². The lowest BCUT2D eigenvalue weighted by atomic mass is 9.88. The average Bonchev–Trinajstić information content (AvgIpc) is 2.35. The van der Waals surface area contributed by atoms with E-state index in [4.69, 9.17) is 4.74 Å². The third-order valence-electron chi connectivity index (χ3n) is 3.23. The second-order valence-electron chi connectivity index (χ2n) is 4.52. The Morgan fingerprint density at radius 3 is 2.39 bits per heavy atom. The molecule has 2 nitrogen and oxygen atoms in total. The number of rotatable bonds is 3. The lowest BCUT2D eigenvalue weighted by Gasteiger charge is -2.43. The molecule has 1 aliphatic rings. The minimum atomic E-state index is -0.366. The minimum absolute atomic E-state index is 0.275. The lowest BCUT2D eigenvalue weighted by Crippen LogP contribution is -2.60. The highest BCUT2D eigenvalue weighted by Gasteiger charge is 2.41. The Hall–Kier alpha value is -1.87. The molecule has 1 fully saturated rings. The first-order valence-electron chi connectivity index (χ1n) is 5.99. The molecule has 2 aromatic rings. The first-order valence-corrected chi connectivity index (χ1v) is 5.99. The van der Waals surface area contributed by atoms with Gasteiger partial charge in [0, 0.05) is 19.2 Å². The normalized spacial score (nSPS) is 16.9. The van der Waals surface area contributed by atoms with E-state index in [0.29, 0.717) is 5.75 Å². The summed E-state index contributed by atoms with van der Waals surface area (Å²) in [5, 5.41) is 3.22. The Morgan fingerprint density at radius 1 is 1.00 bits per heavy atom. The molecule has 1 saturated heterocycles. The van der Waals surface area contributed by atoms with Crippen LogP contribution in [0.15, 0.2) is 54.6 Å². The molecular formula is C15H14FNO. The summed E-state index contributed by atoms with van der Waals surface area (Å²) in [4.78, 5) is 0. The SMILES string of the molecule is Fc1cccc(OC2(c3ccccc3)CNC2)c1. The molecule has 0 bridgehead atoms. The van der Waals surface area contributed by atoms with Gasteiger partial charge in [-0.2, -0.15) is 0 Å². The van der Waals surface area contributed by atoms with E-state index in [0.717, 1.165) is 18.7 Å². The van der Waals surface area contributed by atoms with Gasteiger partial charge in [-0.1, -0.05) is 36.4 Å². The highest BCUT2D eigenvalue weighted by Crippen LogP contribution is 2.31. The second kappa shape index (κ2) is 4.42. The van der Waals surface area contributed by atoms with Crippen molar-refractivity contribution in [3.63, 3.8) is 0 Å². The molecule has 0 amide bonds. The summed E-state index contributed by atoms with van der Waals surface area (Å²) in [6, 6.07) is 16.3. The maximum atomic E-state index is 13.2. The Bertz CT molecular complexity index is 537. The van der Waals surface area contributed by atoms with E-state index in [1.165, 1.54) is 12.1 Å². The Morgan fingerprint density at radius 2 is 1.78 bits per heavy atom. The van der Waals surface area contributed by atoms with Gasteiger partial charge in [0.05, 0.1) is 0 Å². The number of halogens is 1. The Kier molecular flexibility index (Phi) is 2.76. The third kappa shape index (κ3) is 1.97. The molecule has 0 spiro atoms. The average molecular weight is 243 g/mol. The van der Waals surface area contributed by atoms with Gasteiger partial charge in [-0.25, -0.2) is 4.39 Å². The first kappa shape index (κ1) is 11.2. The summed E-state index contributed by atoms with van der Waals surface area (Å²) >= 11 is 0. The summed E-state index contributed by atoms with van der Waals surface area (Å²) in [6.45, 7) is 1.49. The molecule has 3 rings (SSSR count). The van der Waals surface area contributed by atoms with Crippen LogP contribution in [0.1, 0.15) is 5.56 Å². The van der Waals surface area contributed by atoms with Crippen molar-refractivity contribution >= 4 is 0 Å². The van der Waals surface area contributed by atoms with Gasteiger partial charge in [0.1, 0.15) is 11.6 Å². The Balaban J connectivity index is 1.89. The summed E-state index contributed by atoms with van der Waals surface area (Å²) in [6.07, 6.45) is 0. The second-order valence-corrected chi connectivity index (χ2v) is 4.52. The molecule has 1 N–H and O–H groups in total. The lowest BCUT2D eigenvalue weighted by molar-refractivity contribution is 0.0119. The predicted octanol–water partition coefficient (Wildman–Crippen LogP) is 2.70. The molecule has 1 heterocycles. The van der Waals surface area contributed by atoms with Crippen molar-refractivity contribution < 1.29 is 9.13 Å². The van der Waals surface area contributed by atoms with Crippen LogP contribution >= 0.6 is 0 Å². The standard InChI is InChI=1S/C15H14FNO/c16-13-7-4-8-14(9-13)18-15(10-17-11-15)12-5-2-1-3-6-12/h1-9,17H,10-11H2. The van der Waals surface area contributed by atoms with Gasteiger partial charge in [-0.15, -0.1) is 0 Å². The summed E-state index contributed by atoms with van der Waals surface area (Å²) in [5.41, 5.74) is 0.753. The van der Waals surface area contributed by atoms with Crippen molar-refractivity contribution in [3.05, 3.63) is 66.0 Å². The van der Waals surface area contributed by atoms with Crippen LogP contribution in [0.2, 0.25) is 0 Å². The van der Waals surface area contributed by atoms with E-state index < -0.39 is 0 Å². The van der Waals surface area contributed by atoms with Crippen LogP contribution in [0.4, 0.5) is 4.39 Å². The third-order valence-corrected chi connectivity index (χ3v) is 3.23. The molecule has 0 aromatic heterocycles. The van der Waals surface area contributed by atoms with Gasteiger partial charge < -0.3 is 10.1 Å². The maximum absolute atomic E-state index is 13.2. The zero-order chi connectivity index (χ0) is 12.4. The molecule has 18 heavy (non-hydrogen) atoms. The van der Waals surface area contributed by atoms with E-state index in [-0.39, 0.29) is 11.4 Å². The van der Waals surface area contributed by atoms with Gasteiger partial charge in [0.25, 0.3) is 0 Å². The zero-order valence-corrected chi connectivity index (χ0v) is 9.90. The molecule has 0 unspecified atom stereocenters. The highest BCUT2D eigenvalue weighted by molar-refractivity contribution is 5.31. The van der Waals surface area contributed by atoms with Crippen LogP contribution in [0.3, 0.4) is 0 Å². The topological polar surface area (TPSA) is 21.3 Å². The molecule has 0 atom stereocenters. The number of ether oxygens (including phenoxy) is 1. The number of benzene rings is 2. The molecule has 0 radical (unpaired) electrons. The smallest absolute Gasteiger partial charge is 0.159 e. The van der Waals surface area contributed by atoms with Gasteiger partial charge in [0.2, 0.25) is 0 Å². The van der Waals surface area contributed by atoms with Crippen LogP contribution in [-0.2, 0) is 5.60 Å². The highest BCUT2D eigenvalue weighted by atomic mass is 19.1. The van der Waals surface area contributed by atoms with Crippen molar-refractivity contribution in [2.45, 2.75) is 5.60 Å². The fraction of sp³-hybridized carbons (Fsp3) is 0.200. The van der Waals surface area contributed by atoms with Crippen LogP contribution in [0.5, 0.6) is 5.75 Å². The molecular weight excluding hydrogens is 229 g/mol. The zero-order valence-electron chi connectivity index (χ0n) is 9.90. The number of hydrogen-bond donors (Lipinski definition) is 1. The largest absolute Gasteiger partial charge is 0.480 e. The molecule has 2 aromatic carbocycles. The molecule has 3 heteroatoms. The van der Waals surface area contributed by atoms with Gasteiger partial charge in [-0.3, -0.25) is 0 Å².